The summed E-state index contributed by atoms with van der Waals surface area (Å²) in [7, 11) is 0. The summed E-state index contributed by atoms with van der Waals surface area (Å²) in [5, 5.41) is 13.4. The maximum atomic E-state index is 9.44. The molecule has 2 aromatic heterocycles. The molecule has 0 amide bonds. The number of hydrogen-bond donors (Lipinski definition) is 1. The van der Waals surface area contributed by atoms with E-state index in [1.807, 2.05) is 12.1 Å². The van der Waals surface area contributed by atoms with Crippen molar-refractivity contribution >= 4 is 0 Å². The van der Waals surface area contributed by atoms with Gasteiger partial charge in [-0.1, -0.05) is 26.2 Å². The van der Waals surface area contributed by atoms with E-state index in [-0.39, 0.29) is 0 Å². The molecule has 0 aliphatic rings. The van der Waals surface area contributed by atoms with Crippen molar-refractivity contribution in [2.75, 3.05) is 6.61 Å². The Hall–Kier alpha value is -2.04. The van der Waals surface area contributed by atoms with Crippen LogP contribution in [0, 0.1) is 0 Å². The van der Waals surface area contributed by atoms with Crippen LogP contribution in [-0.4, -0.2) is 26.7 Å². The average Bonchev–Trinajstić information content (AvgIpc) is 2.81. The predicted molar refractivity (Wildman–Crippen MR) is 72.3 cm³/mol. The summed E-state index contributed by atoms with van der Waals surface area (Å²) in [5.41, 5.74) is 1.45. The summed E-state index contributed by atoms with van der Waals surface area (Å²) < 4.78 is 5.69. The van der Waals surface area contributed by atoms with Crippen LogP contribution in [0.1, 0.15) is 32.6 Å². The molecule has 1 N–H and O–H groups in total. The smallest absolute Gasteiger partial charge is 0.169 e. The minimum absolute atomic E-state index is 0.590. The monoisotopic (exact) mass is 261 g/mol. The van der Waals surface area contributed by atoms with Gasteiger partial charge in [-0.3, -0.25) is 4.98 Å². The molecule has 0 atom stereocenters. The van der Waals surface area contributed by atoms with Gasteiger partial charge in [0.15, 0.2) is 5.75 Å². The van der Waals surface area contributed by atoms with Crippen LogP contribution < -0.4 is 4.74 Å². The highest BCUT2D eigenvalue weighted by molar-refractivity contribution is 5.64. The third kappa shape index (κ3) is 3.71. The molecule has 0 bridgehead atoms. The van der Waals surface area contributed by atoms with E-state index < -0.39 is 0 Å². The summed E-state index contributed by atoms with van der Waals surface area (Å²) >= 11 is 0. The Bertz CT molecular complexity index is 497. The van der Waals surface area contributed by atoms with Crippen molar-refractivity contribution in [1.82, 2.24) is 14.9 Å². The van der Waals surface area contributed by atoms with Crippen LogP contribution in [0.4, 0.5) is 0 Å². The Morgan fingerprint density at radius 2 is 2.21 bits per heavy atom. The molecular weight excluding hydrogens is 242 g/mol. The minimum Gasteiger partial charge on any atom is -0.489 e. The lowest BCUT2D eigenvalue weighted by Crippen LogP contribution is -1.97. The van der Waals surface area contributed by atoms with Gasteiger partial charge in [0, 0.05) is 18.0 Å². The number of aromatic nitrogens is 3. The average molecular weight is 261 g/mol. The largest absolute Gasteiger partial charge is 0.489 e. The van der Waals surface area contributed by atoms with Crippen LogP contribution in [0.5, 0.6) is 5.75 Å². The Kier molecular flexibility index (Phi) is 4.78. The van der Waals surface area contributed by atoms with E-state index in [2.05, 4.69) is 17.0 Å². The van der Waals surface area contributed by atoms with Crippen molar-refractivity contribution in [3.63, 3.8) is 0 Å². The van der Waals surface area contributed by atoms with Gasteiger partial charge in [-0.2, -0.15) is 0 Å². The van der Waals surface area contributed by atoms with Crippen LogP contribution >= 0.6 is 0 Å². The SMILES string of the molecule is CCCCCCOc1cn(O)nc1-c1cccnc1. The zero-order chi connectivity index (χ0) is 13.5. The number of unbranched alkanes of at least 4 members (excludes halogenated alkanes) is 3. The number of ether oxygens (including phenoxy) is 1. The first-order chi connectivity index (χ1) is 9.31. The Balaban J connectivity index is 2.01. The predicted octanol–water partition coefficient (Wildman–Crippen LogP) is 3.14. The Labute approximate surface area is 112 Å². The topological polar surface area (TPSA) is 60.2 Å². The van der Waals surface area contributed by atoms with Crippen LogP contribution in [0.2, 0.25) is 0 Å². The molecule has 0 aromatic carbocycles. The Morgan fingerprint density at radius 3 is 2.95 bits per heavy atom. The number of nitrogens with zero attached hydrogens (tertiary/aromatic N) is 3. The van der Waals surface area contributed by atoms with E-state index in [0.29, 0.717) is 18.1 Å². The molecule has 2 heterocycles. The first kappa shape index (κ1) is 13.4. The molecule has 5 nitrogen and oxygen atoms in total. The first-order valence-electron chi connectivity index (χ1n) is 6.63. The van der Waals surface area contributed by atoms with Gasteiger partial charge in [-0.05, 0) is 18.6 Å². The lowest BCUT2D eigenvalue weighted by molar-refractivity contribution is 0.148. The van der Waals surface area contributed by atoms with E-state index >= 15 is 0 Å². The van der Waals surface area contributed by atoms with Crippen LogP contribution in [0.15, 0.2) is 30.7 Å². The van der Waals surface area contributed by atoms with Gasteiger partial charge in [-0.25, -0.2) is 0 Å². The highest BCUT2D eigenvalue weighted by Gasteiger charge is 2.12. The van der Waals surface area contributed by atoms with E-state index in [1.165, 1.54) is 19.0 Å². The highest BCUT2D eigenvalue weighted by Crippen LogP contribution is 2.27. The molecule has 0 fully saturated rings. The van der Waals surface area contributed by atoms with Crippen LogP contribution in [-0.2, 0) is 0 Å². The third-order valence-corrected chi connectivity index (χ3v) is 2.86. The molecule has 102 valence electrons. The fourth-order valence-corrected chi connectivity index (χ4v) is 1.87. The number of hydrogen-bond acceptors (Lipinski definition) is 4. The maximum Gasteiger partial charge on any atom is 0.169 e. The molecule has 5 heteroatoms. The molecule has 19 heavy (non-hydrogen) atoms. The van der Waals surface area contributed by atoms with Gasteiger partial charge in [-0.15, -0.1) is 9.94 Å². The second-order valence-corrected chi connectivity index (χ2v) is 4.41. The number of pyridine rings is 1. The molecule has 0 spiro atoms. The second-order valence-electron chi connectivity index (χ2n) is 4.41. The molecule has 0 aliphatic heterocycles. The lowest BCUT2D eigenvalue weighted by Gasteiger charge is -2.05. The van der Waals surface area contributed by atoms with Gasteiger partial charge in [0.2, 0.25) is 0 Å². The summed E-state index contributed by atoms with van der Waals surface area (Å²) in [6, 6.07) is 3.72. The fourth-order valence-electron chi connectivity index (χ4n) is 1.87. The summed E-state index contributed by atoms with van der Waals surface area (Å²) in [5.74, 6) is 0.590. The summed E-state index contributed by atoms with van der Waals surface area (Å²) in [4.78, 5) is 4.83. The van der Waals surface area contributed by atoms with E-state index in [4.69, 9.17) is 4.74 Å². The van der Waals surface area contributed by atoms with E-state index in [1.54, 1.807) is 12.4 Å². The minimum atomic E-state index is 0.590. The van der Waals surface area contributed by atoms with Crippen LogP contribution in [0.3, 0.4) is 0 Å². The standard InChI is InChI=1S/C14H19N3O2/c1-2-3-4-5-9-19-13-11-17(18)16-14(13)12-7-6-8-15-10-12/h6-8,10-11,18H,2-5,9H2,1H3. The Morgan fingerprint density at radius 1 is 1.32 bits per heavy atom. The molecule has 0 saturated carbocycles. The van der Waals surface area contributed by atoms with Gasteiger partial charge < -0.3 is 9.94 Å². The molecule has 0 radical (unpaired) electrons. The molecule has 0 unspecified atom stereocenters. The second kappa shape index (κ2) is 6.78. The molecule has 2 rings (SSSR count). The van der Waals surface area contributed by atoms with Gasteiger partial charge in [0.05, 0.1) is 6.61 Å². The summed E-state index contributed by atoms with van der Waals surface area (Å²) in [6.45, 7) is 2.82. The van der Waals surface area contributed by atoms with Crippen molar-refractivity contribution in [3.8, 4) is 17.0 Å². The van der Waals surface area contributed by atoms with E-state index in [9.17, 15) is 5.21 Å². The highest BCUT2D eigenvalue weighted by atomic mass is 16.5. The summed E-state index contributed by atoms with van der Waals surface area (Å²) in [6.07, 6.45) is 9.47. The lowest BCUT2D eigenvalue weighted by atomic mass is 10.2. The molecule has 0 saturated heterocycles. The van der Waals surface area contributed by atoms with Gasteiger partial charge in [0.1, 0.15) is 11.9 Å². The van der Waals surface area contributed by atoms with E-state index in [0.717, 1.165) is 23.3 Å². The van der Waals surface area contributed by atoms with Crippen molar-refractivity contribution in [3.05, 3.63) is 30.7 Å². The van der Waals surface area contributed by atoms with Crippen molar-refractivity contribution in [2.45, 2.75) is 32.6 Å². The molecule has 0 aliphatic carbocycles. The third-order valence-electron chi connectivity index (χ3n) is 2.86. The van der Waals surface area contributed by atoms with Crippen LogP contribution in [0.25, 0.3) is 11.3 Å². The molecule has 2 aromatic rings. The zero-order valence-electron chi connectivity index (χ0n) is 11.1. The van der Waals surface area contributed by atoms with Crippen molar-refractivity contribution < 1.29 is 9.94 Å². The maximum absolute atomic E-state index is 9.44. The van der Waals surface area contributed by atoms with Gasteiger partial charge in [0.25, 0.3) is 0 Å². The van der Waals surface area contributed by atoms with Gasteiger partial charge >= 0.3 is 0 Å². The van der Waals surface area contributed by atoms with Crippen molar-refractivity contribution in [1.29, 1.82) is 0 Å². The zero-order valence-corrected chi connectivity index (χ0v) is 11.1. The normalized spacial score (nSPS) is 10.6. The fraction of sp³-hybridized carbons (Fsp3) is 0.429. The molecular formula is C14H19N3O2. The van der Waals surface area contributed by atoms with Crippen molar-refractivity contribution in [2.24, 2.45) is 0 Å². The first-order valence-corrected chi connectivity index (χ1v) is 6.63. The quantitative estimate of drug-likeness (QED) is 0.614. The number of rotatable bonds is 7.